The van der Waals surface area contributed by atoms with Gasteiger partial charge in [0.05, 0.1) is 29.2 Å². The highest BCUT2D eigenvalue weighted by Crippen LogP contribution is 2.31. The average Bonchev–Trinajstić information content (AvgIpc) is 2.62. The number of anilines is 1. The number of carbonyl (C=O) groups excluding carboxylic acids is 2. The van der Waals surface area contributed by atoms with E-state index in [1.165, 1.54) is 4.90 Å². The van der Waals surface area contributed by atoms with Crippen LogP contribution < -0.4 is 10.2 Å². The Hall–Kier alpha value is -2.98. The van der Waals surface area contributed by atoms with Gasteiger partial charge < -0.3 is 19.7 Å². The molecule has 166 valence electrons. The molecular weight excluding hydrogens is 404 g/mol. The number of rotatable bonds is 5. The summed E-state index contributed by atoms with van der Waals surface area (Å²) >= 11 is 0. The minimum absolute atomic E-state index is 0.0447. The van der Waals surface area contributed by atoms with Crippen molar-refractivity contribution >= 4 is 23.4 Å². The number of hydrogen-bond donors (Lipinski definition) is 1. The molecule has 9 nitrogen and oxygen atoms in total. The molecule has 11 heteroatoms. The van der Waals surface area contributed by atoms with Crippen LogP contribution in [-0.2, 0) is 14.3 Å². The van der Waals surface area contributed by atoms with Crippen LogP contribution >= 0.6 is 0 Å². The van der Waals surface area contributed by atoms with Crippen molar-refractivity contribution in [2.45, 2.75) is 45.8 Å². The Morgan fingerprint density at radius 2 is 1.97 bits per heavy atom. The molecule has 0 spiro atoms. The number of carbonyl (C=O) groups is 2. The van der Waals surface area contributed by atoms with Crippen LogP contribution in [0.3, 0.4) is 0 Å². The maximum atomic E-state index is 14.5. The van der Waals surface area contributed by atoms with Gasteiger partial charge in [-0.15, -0.1) is 0 Å². The maximum absolute atomic E-state index is 14.5. The van der Waals surface area contributed by atoms with Crippen molar-refractivity contribution in [3.8, 4) is 0 Å². The molecule has 2 atom stereocenters. The normalized spacial score (nSPS) is 19.2. The SMILES string of the molecule is CCOC(=O)C1CCN(c2ccc([N+](=O)[O-])c(F)c2F)CC1NC(=O)OC(C)(C)C. The summed E-state index contributed by atoms with van der Waals surface area (Å²) in [7, 11) is 0. The molecule has 1 aromatic rings. The summed E-state index contributed by atoms with van der Waals surface area (Å²) in [5, 5.41) is 13.4. The predicted molar refractivity (Wildman–Crippen MR) is 103 cm³/mol. The molecule has 1 N–H and O–H groups in total. The third-order valence-corrected chi connectivity index (χ3v) is 4.48. The molecule has 0 radical (unpaired) electrons. The highest BCUT2D eigenvalue weighted by atomic mass is 19.2. The fourth-order valence-corrected chi connectivity index (χ4v) is 3.22. The molecule has 0 bridgehead atoms. The first-order chi connectivity index (χ1) is 13.9. The molecule has 1 fully saturated rings. The Morgan fingerprint density at radius 1 is 1.30 bits per heavy atom. The molecule has 1 aliphatic heterocycles. The van der Waals surface area contributed by atoms with E-state index in [1.807, 2.05) is 0 Å². The van der Waals surface area contributed by atoms with Crippen molar-refractivity contribution in [2.75, 3.05) is 24.6 Å². The minimum Gasteiger partial charge on any atom is -0.466 e. The zero-order chi connectivity index (χ0) is 22.6. The summed E-state index contributed by atoms with van der Waals surface area (Å²) in [5.74, 6) is -4.16. The lowest BCUT2D eigenvalue weighted by molar-refractivity contribution is -0.387. The molecule has 0 saturated carbocycles. The summed E-state index contributed by atoms with van der Waals surface area (Å²) in [5.41, 5.74) is -1.94. The fourth-order valence-electron chi connectivity index (χ4n) is 3.22. The highest BCUT2D eigenvalue weighted by Gasteiger charge is 2.38. The van der Waals surface area contributed by atoms with Gasteiger partial charge >= 0.3 is 17.7 Å². The van der Waals surface area contributed by atoms with Crippen LogP contribution in [-0.4, -0.2) is 48.3 Å². The van der Waals surface area contributed by atoms with E-state index in [1.54, 1.807) is 27.7 Å². The number of nitrogens with zero attached hydrogens (tertiary/aromatic N) is 2. The Balaban J connectivity index is 2.27. The highest BCUT2D eigenvalue weighted by molar-refractivity contribution is 5.76. The van der Waals surface area contributed by atoms with Gasteiger partial charge in [0.25, 0.3) is 0 Å². The zero-order valence-corrected chi connectivity index (χ0v) is 17.2. The summed E-state index contributed by atoms with van der Waals surface area (Å²) in [6.07, 6.45) is -0.573. The molecule has 30 heavy (non-hydrogen) atoms. The molecule has 2 unspecified atom stereocenters. The fraction of sp³-hybridized carbons (Fsp3) is 0.579. The first-order valence-electron chi connectivity index (χ1n) is 9.48. The van der Waals surface area contributed by atoms with Crippen LogP contribution in [0.5, 0.6) is 0 Å². The molecule has 1 amide bonds. The first kappa shape index (κ1) is 23.3. The summed E-state index contributed by atoms with van der Waals surface area (Å²) in [6.45, 7) is 6.95. The molecule has 0 aliphatic carbocycles. The summed E-state index contributed by atoms with van der Waals surface area (Å²) < 4.78 is 38.8. The van der Waals surface area contributed by atoms with Crippen molar-refractivity contribution in [1.82, 2.24) is 5.32 Å². The Labute approximate surface area is 172 Å². The average molecular weight is 429 g/mol. The number of halogens is 2. The van der Waals surface area contributed by atoms with Crippen LogP contribution in [0.2, 0.25) is 0 Å². The van der Waals surface area contributed by atoms with Crippen LogP contribution in [0, 0.1) is 27.7 Å². The van der Waals surface area contributed by atoms with Crippen molar-refractivity contribution in [2.24, 2.45) is 5.92 Å². The second-order valence-electron chi connectivity index (χ2n) is 7.83. The van der Waals surface area contributed by atoms with Crippen LogP contribution in [0.1, 0.15) is 34.1 Å². The Morgan fingerprint density at radius 3 is 2.53 bits per heavy atom. The Kier molecular flexibility index (Phi) is 7.16. The number of amides is 1. The van der Waals surface area contributed by atoms with Crippen molar-refractivity contribution in [1.29, 1.82) is 0 Å². The van der Waals surface area contributed by atoms with Gasteiger partial charge in [-0.1, -0.05) is 0 Å². The van der Waals surface area contributed by atoms with E-state index in [4.69, 9.17) is 9.47 Å². The van der Waals surface area contributed by atoms with E-state index in [-0.39, 0.29) is 31.8 Å². The van der Waals surface area contributed by atoms with E-state index in [0.717, 1.165) is 12.1 Å². The Bertz CT molecular complexity index is 827. The van der Waals surface area contributed by atoms with Crippen molar-refractivity contribution in [3.05, 3.63) is 33.9 Å². The molecule has 2 rings (SSSR count). The number of piperidine rings is 1. The van der Waals surface area contributed by atoms with Gasteiger partial charge in [-0.2, -0.15) is 4.39 Å². The van der Waals surface area contributed by atoms with Gasteiger partial charge in [0.15, 0.2) is 5.82 Å². The number of benzene rings is 1. The number of nitro groups is 1. The molecule has 1 aliphatic rings. The first-order valence-corrected chi connectivity index (χ1v) is 9.48. The van der Waals surface area contributed by atoms with Crippen LogP contribution in [0.25, 0.3) is 0 Å². The van der Waals surface area contributed by atoms with Gasteiger partial charge in [0.2, 0.25) is 5.82 Å². The number of nitrogens with one attached hydrogen (secondary N) is 1. The quantitative estimate of drug-likeness (QED) is 0.435. The molecule has 1 saturated heterocycles. The topological polar surface area (TPSA) is 111 Å². The van der Waals surface area contributed by atoms with E-state index < -0.39 is 51.9 Å². The maximum Gasteiger partial charge on any atom is 0.407 e. The molecule has 1 heterocycles. The third-order valence-electron chi connectivity index (χ3n) is 4.48. The number of ether oxygens (including phenoxy) is 2. The number of esters is 1. The monoisotopic (exact) mass is 429 g/mol. The van der Waals surface area contributed by atoms with E-state index in [9.17, 15) is 28.5 Å². The standard InChI is InChI=1S/C19H25F2N3O6/c1-5-29-17(25)11-8-9-23(10-12(11)22-18(26)30-19(2,3)4)13-6-7-14(24(27)28)16(21)15(13)20/h6-7,11-12H,5,8-10H2,1-4H3,(H,22,26). The van der Waals surface area contributed by atoms with Gasteiger partial charge in [-0.05, 0) is 40.2 Å². The zero-order valence-electron chi connectivity index (χ0n) is 17.2. The van der Waals surface area contributed by atoms with Gasteiger partial charge in [0.1, 0.15) is 5.60 Å². The van der Waals surface area contributed by atoms with Crippen molar-refractivity contribution in [3.63, 3.8) is 0 Å². The lowest BCUT2D eigenvalue weighted by Gasteiger charge is -2.39. The predicted octanol–water partition coefficient (Wildman–Crippen LogP) is 3.16. The molecular formula is C19H25F2N3O6. The lowest BCUT2D eigenvalue weighted by Crippen LogP contribution is -2.56. The molecule has 1 aromatic carbocycles. The summed E-state index contributed by atoms with van der Waals surface area (Å²) in [6, 6.07) is 1.18. The van der Waals surface area contributed by atoms with Gasteiger partial charge in [-0.3, -0.25) is 14.9 Å². The second-order valence-corrected chi connectivity index (χ2v) is 7.83. The van der Waals surface area contributed by atoms with Crippen LogP contribution in [0.4, 0.5) is 25.0 Å². The van der Waals surface area contributed by atoms with Crippen LogP contribution in [0.15, 0.2) is 12.1 Å². The second kappa shape index (κ2) is 9.23. The number of hydrogen-bond acceptors (Lipinski definition) is 7. The smallest absolute Gasteiger partial charge is 0.407 e. The minimum atomic E-state index is -1.57. The van der Waals surface area contributed by atoms with E-state index in [0.29, 0.717) is 0 Å². The molecule has 0 aromatic heterocycles. The number of alkyl carbamates (subject to hydrolysis) is 1. The third kappa shape index (κ3) is 5.55. The van der Waals surface area contributed by atoms with E-state index >= 15 is 0 Å². The largest absolute Gasteiger partial charge is 0.466 e. The van der Waals surface area contributed by atoms with Gasteiger partial charge in [0, 0.05) is 19.2 Å². The van der Waals surface area contributed by atoms with Crippen molar-refractivity contribution < 1.29 is 32.8 Å². The number of nitro benzene ring substituents is 1. The van der Waals surface area contributed by atoms with E-state index in [2.05, 4.69) is 5.32 Å². The van der Waals surface area contributed by atoms with Gasteiger partial charge in [-0.25, -0.2) is 9.18 Å². The lowest BCUT2D eigenvalue weighted by atomic mass is 9.91. The summed E-state index contributed by atoms with van der Waals surface area (Å²) in [4.78, 5) is 35.7.